The average Bonchev–Trinajstić information content (AvgIpc) is 1.83. The molecule has 0 rings (SSSR count). The molecule has 1 atom stereocenters. The van der Waals surface area contributed by atoms with Crippen LogP contribution < -0.4 is 0 Å². The molecule has 0 heterocycles. The van der Waals surface area contributed by atoms with Gasteiger partial charge in [-0.25, -0.2) is 0 Å². The smallest absolute Gasteiger partial charge is 0.0547 e. The minimum Gasteiger partial charge on any atom is -0.378 e. The molecule has 0 saturated heterocycles. The highest BCUT2D eigenvalue weighted by Gasteiger charge is 2.11. The van der Waals surface area contributed by atoms with Gasteiger partial charge in [0.05, 0.1) is 12.7 Å². The van der Waals surface area contributed by atoms with Crippen molar-refractivity contribution in [2.75, 3.05) is 6.61 Å². The lowest BCUT2D eigenvalue weighted by molar-refractivity contribution is 0.0142. The van der Waals surface area contributed by atoms with Crippen LogP contribution in [0.2, 0.25) is 0 Å². The third-order valence-electron chi connectivity index (χ3n) is 1.50. The van der Waals surface area contributed by atoms with Crippen LogP contribution in [-0.2, 0) is 4.74 Å². The van der Waals surface area contributed by atoms with E-state index < -0.39 is 0 Å². The molecule has 0 radical (unpaired) electrons. The second-order valence-corrected chi connectivity index (χ2v) is 4.47. The van der Waals surface area contributed by atoms with Crippen molar-refractivity contribution in [1.82, 2.24) is 0 Å². The van der Waals surface area contributed by atoms with E-state index in [1.165, 1.54) is 12.8 Å². The van der Waals surface area contributed by atoms with E-state index in [9.17, 15) is 0 Å². The third kappa shape index (κ3) is 7.86. The summed E-state index contributed by atoms with van der Waals surface area (Å²) in [5.74, 6) is 0. The molecule has 0 aliphatic heterocycles. The lowest BCUT2D eigenvalue weighted by Crippen LogP contribution is -2.19. The Morgan fingerprint density at radius 3 is 2.18 bits per heavy atom. The highest BCUT2D eigenvalue weighted by atomic mass is 16.5. The zero-order valence-electron chi connectivity index (χ0n) is 8.61. The van der Waals surface area contributed by atoms with E-state index in [2.05, 4.69) is 34.6 Å². The second-order valence-electron chi connectivity index (χ2n) is 4.47. The van der Waals surface area contributed by atoms with Crippen LogP contribution in [0.3, 0.4) is 0 Å². The SMILES string of the molecule is CCCC(C)OCC(C)(C)C. The maximum Gasteiger partial charge on any atom is 0.0547 e. The molecule has 0 saturated carbocycles. The Labute approximate surface area is 71.1 Å². The monoisotopic (exact) mass is 158 g/mol. The third-order valence-corrected chi connectivity index (χ3v) is 1.50. The normalized spacial score (nSPS) is 15.0. The minimum atomic E-state index is 0.308. The van der Waals surface area contributed by atoms with Gasteiger partial charge < -0.3 is 4.74 Å². The summed E-state index contributed by atoms with van der Waals surface area (Å²) in [7, 11) is 0. The first-order valence-electron chi connectivity index (χ1n) is 4.57. The Hall–Kier alpha value is -0.0400. The quantitative estimate of drug-likeness (QED) is 0.610. The largest absolute Gasteiger partial charge is 0.378 e. The Morgan fingerprint density at radius 2 is 1.82 bits per heavy atom. The summed E-state index contributed by atoms with van der Waals surface area (Å²) in [4.78, 5) is 0. The molecular formula is C10H22O. The molecule has 0 aromatic rings. The average molecular weight is 158 g/mol. The van der Waals surface area contributed by atoms with Crippen LogP contribution in [0.5, 0.6) is 0 Å². The van der Waals surface area contributed by atoms with Crippen molar-refractivity contribution in [3.05, 3.63) is 0 Å². The number of hydrogen-bond acceptors (Lipinski definition) is 1. The van der Waals surface area contributed by atoms with Gasteiger partial charge in [0.1, 0.15) is 0 Å². The predicted octanol–water partition coefficient (Wildman–Crippen LogP) is 3.24. The van der Waals surface area contributed by atoms with Crippen LogP contribution in [-0.4, -0.2) is 12.7 Å². The van der Waals surface area contributed by atoms with E-state index in [4.69, 9.17) is 4.74 Å². The summed E-state index contributed by atoms with van der Waals surface area (Å²) in [6.45, 7) is 11.8. The Bertz CT molecular complexity index is 91.5. The Morgan fingerprint density at radius 1 is 1.27 bits per heavy atom. The summed E-state index contributed by atoms with van der Waals surface area (Å²) in [6, 6.07) is 0. The topological polar surface area (TPSA) is 9.23 Å². The molecule has 0 aliphatic carbocycles. The molecule has 11 heavy (non-hydrogen) atoms. The first-order chi connectivity index (χ1) is 4.95. The van der Waals surface area contributed by atoms with Crippen LogP contribution in [0.1, 0.15) is 47.5 Å². The van der Waals surface area contributed by atoms with Gasteiger partial charge in [0.15, 0.2) is 0 Å². The van der Waals surface area contributed by atoms with Gasteiger partial charge in [-0.15, -0.1) is 0 Å². The van der Waals surface area contributed by atoms with Gasteiger partial charge >= 0.3 is 0 Å². The fraction of sp³-hybridized carbons (Fsp3) is 1.00. The van der Waals surface area contributed by atoms with Gasteiger partial charge in [0.2, 0.25) is 0 Å². The van der Waals surface area contributed by atoms with E-state index in [1.807, 2.05) is 0 Å². The minimum absolute atomic E-state index is 0.308. The molecule has 1 unspecified atom stereocenters. The Balaban J connectivity index is 3.38. The lowest BCUT2D eigenvalue weighted by Gasteiger charge is -2.21. The molecule has 1 nitrogen and oxygen atoms in total. The van der Waals surface area contributed by atoms with Crippen molar-refractivity contribution in [3.8, 4) is 0 Å². The molecule has 0 aliphatic rings. The van der Waals surface area contributed by atoms with Crippen molar-refractivity contribution in [1.29, 1.82) is 0 Å². The van der Waals surface area contributed by atoms with Crippen LogP contribution >= 0.6 is 0 Å². The Kier molecular flexibility index (Phi) is 4.74. The first-order valence-corrected chi connectivity index (χ1v) is 4.57. The maximum atomic E-state index is 5.65. The highest BCUT2D eigenvalue weighted by molar-refractivity contribution is 4.60. The maximum absolute atomic E-state index is 5.65. The van der Waals surface area contributed by atoms with Crippen LogP contribution in [0, 0.1) is 5.41 Å². The molecule has 68 valence electrons. The van der Waals surface area contributed by atoms with Crippen LogP contribution in [0.25, 0.3) is 0 Å². The van der Waals surface area contributed by atoms with Crippen molar-refractivity contribution in [2.24, 2.45) is 5.41 Å². The molecular weight excluding hydrogens is 136 g/mol. The molecule has 1 heteroatoms. The van der Waals surface area contributed by atoms with Crippen LogP contribution in [0.15, 0.2) is 0 Å². The van der Waals surface area contributed by atoms with Gasteiger partial charge in [-0.2, -0.15) is 0 Å². The van der Waals surface area contributed by atoms with E-state index in [1.54, 1.807) is 0 Å². The van der Waals surface area contributed by atoms with Gasteiger partial charge in [-0.05, 0) is 18.8 Å². The summed E-state index contributed by atoms with van der Waals surface area (Å²) in [5, 5.41) is 0. The molecule has 0 N–H and O–H groups in total. The molecule has 0 aromatic carbocycles. The summed E-state index contributed by atoms with van der Waals surface area (Å²) in [6.07, 6.45) is 2.82. The van der Waals surface area contributed by atoms with E-state index in [0.717, 1.165) is 6.61 Å². The number of hydrogen-bond donors (Lipinski definition) is 0. The van der Waals surface area contributed by atoms with Crippen molar-refractivity contribution in [2.45, 2.75) is 53.6 Å². The molecule has 0 bridgehead atoms. The van der Waals surface area contributed by atoms with Crippen molar-refractivity contribution >= 4 is 0 Å². The number of rotatable bonds is 4. The van der Waals surface area contributed by atoms with Crippen LogP contribution in [0.4, 0.5) is 0 Å². The molecule has 0 amide bonds. The summed E-state index contributed by atoms with van der Waals surface area (Å²) in [5.41, 5.74) is 0.308. The summed E-state index contributed by atoms with van der Waals surface area (Å²) >= 11 is 0. The van der Waals surface area contributed by atoms with E-state index in [-0.39, 0.29) is 0 Å². The van der Waals surface area contributed by atoms with E-state index in [0.29, 0.717) is 11.5 Å². The zero-order valence-corrected chi connectivity index (χ0v) is 8.61. The predicted molar refractivity (Wildman–Crippen MR) is 49.8 cm³/mol. The second kappa shape index (κ2) is 4.76. The fourth-order valence-corrected chi connectivity index (χ4v) is 0.882. The first kappa shape index (κ1) is 11.0. The molecule has 0 spiro atoms. The molecule has 0 fully saturated rings. The highest BCUT2D eigenvalue weighted by Crippen LogP contribution is 2.15. The van der Waals surface area contributed by atoms with Gasteiger partial charge in [0, 0.05) is 0 Å². The number of ether oxygens (including phenoxy) is 1. The van der Waals surface area contributed by atoms with E-state index >= 15 is 0 Å². The lowest BCUT2D eigenvalue weighted by atomic mass is 9.98. The zero-order chi connectivity index (χ0) is 8.91. The van der Waals surface area contributed by atoms with Gasteiger partial charge in [-0.3, -0.25) is 0 Å². The van der Waals surface area contributed by atoms with Gasteiger partial charge in [0.25, 0.3) is 0 Å². The fourth-order valence-electron chi connectivity index (χ4n) is 0.882. The molecule has 0 aromatic heterocycles. The standard InChI is InChI=1S/C10H22O/c1-6-7-9(2)11-8-10(3,4)5/h9H,6-8H2,1-5H3. The van der Waals surface area contributed by atoms with Crippen molar-refractivity contribution < 1.29 is 4.74 Å². The van der Waals surface area contributed by atoms with Crippen molar-refractivity contribution in [3.63, 3.8) is 0 Å². The summed E-state index contributed by atoms with van der Waals surface area (Å²) < 4.78 is 5.65. The van der Waals surface area contributed by atoms with Gasteiger partial charge in [-0.1, -0.05) is 34.1 Å².